The summed E-state index contributed by atoms with van der Waals surface area (Å²) in [5, 5.41) is 0. The summed E-state index contributed by atoms with van der Waals surface area (Å²) in [5.74, 6) is -1.03. The van der Waals surface area contributed by atoms with Gasteiger partial charge in [0, 0.05) is 0 Å². The molecule has 0 N–H and O–H groups in total. The largest absolute Gasteiger partial charge is 0.459 e. The first-order valence-corrected chi connectivity index (χ1v) is 3.82. The van der Waals surface area contributed by atoms with E-state index in [-0.39, 0.29) is 12.4 Å². The molecule has 0 aromatic rings. The monoisotopic (exact) mass is 156 g/mol. The van der Waals surface area contributed by atoms with E-state index < -0.39 is 11.4 Å². The van der Waals surface area contributed by atoms with Gasteiger partial charge in [0.15, 0.2) is 0 Å². The molecule has 0 spiro atoms. The van der Waals surface area contributed by atoms with Crippen molar-refractivity contribution in [2.24, 2.45) is 5.41 Å². The molecular formula is C8H12O3. The number of rotatable bonds is 2. The van der Waals surface area contributed by atoms with Crippen LogP contribution in [0.3, 0.4) is 0 Å². The molecule has 1 aliphatic heterocycles. The van der Waals surface area contributed by atoms with Crippen molar-refractivity contribution in [3.05, 3.63) is 0 Å². The molecule has 0 bridgehead atoms. The van der Waals surface area contributed by atoms with Gasteiger partial charge in [-0.3, -0.25) is 4.79 Å². The summed E-state index contributed by atoms with van der Waals surface area (Å²) < 4.78 is 4.64. The van der Waals surface area contributed by atoms with Crippen LogP contribution in [0.4, 0.5) is 0 Å². The van der Waals surface area contributed by atoms with E-state index >= 15 is 0 Å². The Kier molecular flexibility index (Phi) is 1.98. The fraction of sp³-hybridized carbons (Fsp3) is 0.750. The van der Waals surface area contributed by atoms with Gasteiger partial charge >= 0.3 is 5.97 Å². The molecule has 1 heterocycles. The summed E-state index contributed by atoms with van der Waals surface area (Å²) in [6, 6.07) is 0. The van der Waals surface area contributed by atoms with Crippen molar-refractivity contribution in [3.8, 4) is 0 Å². The molecule has 0 aromatic heterocycles. The normalized spacial score (nSPS) is 30.7. The highest BCUT2D eigenvalue weighted by molar-refractivity contribution is 6.37. The second kappa shape index (κ2) is 2.64. The van der Waals surface area contributed by atoms with Gasteiger partial charge in [0.25, 0.3) is 0 Å². The molecule has 1 aliphatic rings. The average Bonchev–Trinajstić information content (AvgIpc) is 2.19. The zero-order chi connectivity index (χ0) is 8.48. The molecule has 11 heavy (non-hydrogen) atoms. The van der Waals surface area contributed by atoms with Crippen LogP contribution in [-0.2, 0) is 14.3 Å². The van der Waals surface area contributed by atoms with Gasteiger partial charge in [-0.2, -0.15) is 0 Å². The van der Waals surface area contributed by atoms with Gasteiger partial charge in [-0.1, -0.05) is 13.3 Å². The third-order valence-electron chi connectivity index (χ3n) is 2.06. The van der Waals surface area contributed by atoms with Crippen LogP contribution in [0.15, 0.2) is 0 Å². The molecule has 1 rings (SSSR count). The Hall–Kier alpha value is -0.860. The van der Waals surface area contributed by atoms with E-state index in [9.17, 15) is 9.59 Å². The van der Waals surface area contributed by atoms with Crippen molar-refractivity contribution < 1.29 is 14.3 Å². The smallest absolute Gasteiger partial charge is 0.375 e. The molecule has 3 nitrogen and oxygen atoms in total. The molecule has 1 saturated heterocycles. The van der Waals surface area contributed by atoms with Crippen LogP contribution < -0.4 is 0 Å². The first-order chi connectivity index (χ1) is 5.10. The molecule has 3 heteroatoms. The Bertz CT molecular complexity index is 198. The summed E-state index contributed by atoms with van der Waals surface area (Å²) in [6.07, 6.45) is 1.64. The van der Waals surface area contributed by atoms with E-state index in [0.717, 1.165) is 12.8 Å². The van der Waals surface area contributed by atoms with Crippen LogP contribution in [0.25, 0.3) is 0 Å². The Morgan fingerprint density at radius 1 is 1.55 bits per heavy atom. The maximum absolute atomic E-state index is 11.1. The Morgan fingerprint density at radius 3 is 2.55 bits per heavy atom. The molecule has 0 aromatic carbocycles. The van der Waals surface area contributed by atoms with E-state index in [1.807, 2.05) is 6.92 Å². The van der Waals surface area contributed by atoms with E-state index in [0.29, 0.717) is 0 Å². The lowest BCUT2D eigenvalue weighted by Gasteiger charge is -2.15. The highest BCUT2D eigenvalue weighted by Crippen LogP contribution is 2.30. The number of Topliss-reactive ketones (excluding diaryl/α,β-unsaturated/α-hetero) is 1. The number of hydrogen-bond acceptors (Lipinski definition) is 3. The molecule has 62 valence electrons. The SMILES string of the molecule is CCCC1(C)COC(=O)C1=O. The summed E-state index contributed by atoms with van der Waals surface area (Å²) in [5.41, 5.74) is -0.536. The predicted molar refractivity (Wildman–Crippen MR) is 39.0 cm³/mol. The van der Waals surface area contributed by atoms with E-state index in [1.165, 1.54) is 0 Å². The van der Waals surface area contributed by atoms with Crippen molar-refractivity contribution in [1.29, 1.82) is 0 Å². The average molecular weight is 156 g/mol. The van der Waals surface area contributed by atoms with Crippen LogP contribution in [0.2, 0.25) is 0 Å². The van der Waals surface area contributed by atoms with Gasteiger partial charge in [-0.05, 0) is 13.3 Å². The summed E-state index contributed by atoms with van der Waals surface area (Å²) in [4.78, 5) is 21.8. The van der Waals surface area contributed by atoms with E-state index in [2.05, 4.69) is 4.74 Å². The second-order valence-electron chi connectivity index (χ2n) is 3.22. The Balaban J connectivity index is 2.73. The van der Waals surface area contributed by atoms with Crippen molar-refractivity contribution in [3.63, 3.8) is 0 Å². The first-order valence-electron chi connectivity index (χ1n) is 3.82. The zero-order valence-electron chi connectivity index (χ0n) is 6.85. The zero-order valence-corrected chi connectivity index (χ0v) is 6.85. The lowest BCUT2D eigenvalue weighted by Crippen LogP contribution is -2.27. The molecule has 0 saturated carbocycles. The minimum absolute atomic E-state index is 0.262. The maximum Gasteiger partial charge on any atom is 0.375 e. The van der Waals surface area contributed by atoms with Gasteiger partial charge in [0.1, 0.15) is 6.61 Å². The molecule has 0 radical (unpaired) electrons. The number of esters is 1. The van der Waals surface area contributed by atoms with Gasteiger partial charge in [0.2, 0.25) is 5.78 Å². The molecule has 1 unspecified atom stereocenters. The molecule has 1 atom stereocenters. The number of carbonyl (C=O) groups excluding carboxylic acids is 2. The van der Waals surface area contributed by atoms with Crippen LogP contribution in [-0.4, -0.2) is 18.4 Å². The number of ether oxygens (including phenoxy) is 1. The van der Waals surface area contributed by atoms with Crippen molar-refractivity contribution in [1.82, 2.24) is 0 Å². The standard InChI is InChI=1S/C8H12O3/c1-3-4-8(2)5-11-7(10)6(8)9/h3-5H2,1-2H3. The fourth-order valence-electron chi connectivity index (χ4n) is 1.34. The van der Waals surface area contributed by atoms with Crippen molar-refractivity contribution in [2.75, 3.05) is 6.61 Å². The number of carbonyl (C=O) groups is 2. The highest BCUT2D eigenvalue weighted by Gasteiger charge is 2.44. The lowest BCUT2D eigenvalue weighted by atomic mass is 9.84. The molecule has 0 aliphatic carbocycles. The predicted octanol–water partition coefficient (Wildman–Crippen LogP) is 0.919. The van der Waals surface area contributed by atoms with Crippen LogP contribution >= 0.6 is 0 Å². The van der Waals surface area contributed by atoms with Gasteiger partial charge in [-0.15, -0.1) is 0 Å². The minimum atomic E-state index is -0.666. The number of ketones is 1. The third-order valence-corrected chi connectivity index (χ3v) is 2.06. The summed E-state index contributed by atoms with van der Waals surface area (Å²) >= 11 is 0. The Morgan fingerprint density at radius 2 is 2.18 bits per heavy atom. The third kappa shape index (κ3) is 1.27. The lowest BCUT2D eigenvalue weighted by molar-refractivity contribution is -0.147. The van der Waals surface area contributed by atoms with Crippen LogP contribution in [0.1, 0.15) is 26.7 Å². The van der Waals surface area contributed by atoms with Crippen LogP contribution in [0, 0.1) is 5.41 Å². The molecular weight excluding hydrogens is 144 g/mol. The summed E-state index contributed by atoms with van der Waals surface area (Å²) in [6.45, 7) is 4.03. The van der Waals surface area contributed by atoms with Crippen molar-refractivity contribution >= 4 is 11.8 Å². The number of cyclic esters (lactones) is 1. The van der Waals surface area contributed by atoms with E-state index in [4.69, 9.17) is 0 Å². The maximum atomic E-state index is 11.1. The van der Waals surface area contributed by atoms with Gasteiger partial charge in [-0.25, -0.2) is 4.79 Å². The fourth-order valence-corrected chi connectivity index (χ4v) is 1.34. The van der Waals surface area contributed by atoms with Gasteiger partial charge < -0.3 is 4.74 Å². The highest BCUT2D eigenvalue weighted by atomic mass is 16.5. The van der Waals surface area contributed by atoms with Crippen LogP contribution in [0.5, 0.6) is 0 Å². The first kappa shape index (κ1) is 8.24. The second-order valence-corrected chi connectivity index (χ2v) is 3.22. The quantitative estimate of drug-likeness (QED) is 0.441. The van der Waals surface area contributed by atoms with Gasteiger partial charge in [0.05, 0.1) is 5.41 Å². The minimum Gasteiger partial charge on any atom is -0.459 e. The number of hydrogen-bond donors (Lipinski definition) is 0. The summed E-state index contributed by atoms with van der Waals surface area (Å²) in [7, 11) is 0. The van der Waals surface area contributed by atoms with Crippen molar-refractivity contribution in [2.45, 2.75) is 26.7 Å². The molecule has 1 fully saturated rings. The topological polar surface area (TPSA) is 43.4 Å². The van der Waals surface area contributed by atoms with E-state index in [1.54, 1.807) is 6.92 Å². The Labute approximate surface area is 65.7 Å². The molecule has 0 amide bonds.